The van der Waals surface area contributed by atoms with Crippen LogP contribution in [0.25, 0.3) is 0 Å². The van der Waals surface area contributed by atoms with E-state index in [1.54, 1.807) is 0 Å². The summed E-state index contributed by atoms with van der Waals surface area (Å²) in [6.45, 7) is 1.17. The van der Waals surface area contributed by atoms with Gasteiger partial charge in [-0.25, -0.2) is 18.7 Å². The highest BCUT2D eigenvalue weighted by atomic mass is 19.2. The number of likely N-dealkylation sites (N-methyl/N-ethyl adjacent to an activating group) is 1. The molecule has 0 fully saturated rings. The van der Waals surface area contributed by atoms with Crippen LogP contribution >= 0.6 is 0 Å². The van der Waals surface area contributed by atoms with Gasteiger partial charge in [0.1, 0.15) is 6.33 Å². The van der Waals surface area contributed by atoms with Gasteiger partial charge in [0.2, 0.25) is 23.3 Å². The molecular formula is C14H11F4N3O. The van der Waals surface area contributed by atoms with E-state index in [-0.39, 0.29) is 11.9 Å². The number of halogens is 4. The quantitative estimate of drug-likeness (QED) is 0.631. The van der Waals surface area contributed by atoms with E-state index in [0.717, 1.165) is 6.54 Å². The summed E-state index contributed by atoms with van der Waals surface area (Å²) in [6, 6.07) is 0.126. The standard InChI is InChI=1S/C14H11F4N3O/c1-21-3-2-10-7(5-21)14(20-6-19-10)22-13-11(17)8(15)4-9(16)12(13)18/h4,6H,2-3,5H2,1H3. The van der Waals surface area contributed by atoms with Gasteiger partial charge in [-0.2, -0.15) is 8.78 Å². The molecule has 0 saturated heterocycles. The van der Waals surface area contributed by atoms with E-state index in [1.807, 2.05) is 11.9 Å². The van der Waals surface area contributed by atoms with Gasteiger partial charge in [0.25, 0.3) is 0 Å². The van der Waals surface area contributed by atoms with Crippen LogP contribution in [0.15, 0.2) is 12.4 Å². The number of nitrogens with zero attached hydrogens (tertiary/aromatic N) is 3. The summed E-state index contributed by atoms with van der Waals surface area (Å²) in [6.07, 6.45) is 1.80. The molecule has 4 nitrogen and oxygen atoms in total. The first kappa shape index (κ1) is 14.7. The third-order valence-electron chi connectivity index (χ3n) is 3.42. The molecule has 1 aliphatic heterocycles. The van der Waals surface area contributed by atoms with Gasteiger partial charge < -0.3 is 9.64 Å². The molecule has 0 spiro atoms. The third-order valence-corrected chi connectivity index (χ3v) is 3.42. The molecule has 3 rings (SSSR count). The Morgan fingerprint density at radius 3 is 2.45 bits per heavy atom. The summed E-state index contributed by atoms with van der Waals surface area (Å²) in [4.78, 5) is 9.85. The largest absolute Gasteiger partial charge is 0.432 e. The topological polar surface area (TPSA) is 38.2 Å². The minimum absolute atomic E-state index is 0.112. The Labute approximate surface area is 123 Å². The molecule has 0 saturated carbocycles. The first-order valence-corrected chi connectivity index (χ1v) is 6.49. The van der Waals surface area contributed by atoms with Gasteiger partial charge in [0, 0.05) is 25.6 Å². The van der Waals surface area contributed by atoms with Crippen molar-refractivity contribution in [1.82, 2.24) is 14.9 Å². The number of ether oxygens (including phenoxy) is 1. The summed E-state index contributed by atoms with van der Waals surface area (Å²) < 4.78 is 58.8. The summed E-state index contributed by atoms with van der Waals surface area (Å²) in [5.41, 5.74) is 1.22. The van der Waals surface area contributed by atoms with Crippen LogP contribution in [0.3, 0.4) is 0 Å². The van der Waals surface area contributed by atoms with E-state index in [9.17, 15) is 17.6 Å². The van der Waals surface area contributed by atoms with E-state index in [4.69, 9.17) is 4.74 Å². The molecule has 116 valence electrons. The molecule has 2 heterocycles. The lowest BCUT2D eigenvalue weighted by Gasteiger charge is -2.25. The lowest BCUT2D eigenvalue weighted by Crippen LogP contribution is -2.28. The van der Waals surface area contributed by atoms with Gasteiger partial charge in [-0.05, 0) is 7.05 Å². The summed E-state index contributed by atoms with van der Waals surface area (Å²) in [5.74, 6) is -7.53. The number of hydrogen-bond donors (Lipinski definition) is 0. The highest BCUT2D eigenvalue weighted by molar-refractivity contribution is 5.37. The van der Waals surface area contributed by atoms with Crippen molar-refractivity contribution >= 4 is 0 Å². The Morgan fingerprint density at radius 1 is 1.09 bits per heavy atom. The van der Waals surface area contributed by atoms with Gasteiger partial charge in [-0.15, -0.1) is 0 Å². The van der Waals surface area contributed by atoms with E-state index in [2.05, 4.69) is 9.97 Å². The van der Waals surface area contributed by atoms with Crippen molar-refractivity contribution in [3.63, 3.8) is 0 Å². The van der Waals surface area contributed by atoms with Crippen LogP contribution in [0.1, 0.15) is 11.3 Å². The molecule has 0 N–H and O–H groups in total. The Morgan fingerprint density at radius 2 is 1.77 bits per heavy atom. The maximum Gasteiger partial charge on any atom is 0.227 e. The van der Waals surface area contributed by atoms with Crippen LogP contribution in [-0.4, -0.2) is 28.5 Å². The SMILES string of the molecule is CN1CCc2ncnc(Oc3c(F)c(F)cc(F)c3F)c2C1. The van der Waals surface area contributed by atoms with Crippen molar-refractivity contribution in [3.05, 3.63) is 46.9 Å². The van der Waals surface area contributed by atoms with Gasteiger partial charge >= 0.3 is 0 Å². The van der Waals surface area contributed by atoms with E-state index in [1.165, 1.54) is 6.33 Å². The van der Waals surface area contributed by atoms with Gasteiger partial charge in [-0.3, -0.25) is 0 Å². The van der Waals surface area contributed by atoms with Crippen LogP contribution in [-0.2, 0) is 13.0 Å². The minimum atomic E-state index is -1.60. The van der Waals surface area contributed by atoms with Crippen molar-refractivity contribution in [1.29, 1.82) is 0 Å². The van der Waals surface area contributed by atoms with Crippen molar-refractivity contribution in [2.75, 3.05) is 13.6 Å². The highest BCUT2D eigenvalue weighted by Crippen LogP contribution is 2.33. The smallest absolute Gasteiger partial charge is 0.227 e. The fraction of sp³-hybridized carbons (Fsp3) is 0.286. The van der Waals surface area contributed by atoms with Gasteiger partial charge in [0.05, 0.1) is 11.3 Å². The average Bonchev–Trinajstić information content (AvgIpc) is 2.50. The molecule has 22 heavy (non-hydrogen) atoms. The number of aromatic nitrogens is 2. The molecule has 0 aliphatic carbocycles. The maximum absolute atomic E-state index is 13.7. The third kappa shape index (κ3) is 2.50. The normalized spacial score (nSPS) is 14.8. The summed E-state index contributed by atoms with van der Waals surface area (Å²) in [5, 5.41) is 0. The fourth-order valence-corrected chi connectivity index (χ4v) is 2.28. The predicted molar refractivity (Wildman–Crippen MR) is 68.4 cm³/mol. The molecule has 1 aliphatic rings. The van der Waals surface area contributed by atoms with Crippen LogP contribution in [0.2, 0.25) is 0 Å². The molecule has 0 atom stereocenters. The van der Waals surface area contributed by atoms with E-state index in [0.29, 0.717) is 24.2 Å². The molecule has 8 heteroatoms. The Balaban J connectivity index is 2.05. The Kier molecular flexibility index (Phi) is 3.69. The fourth-order valence-electron chi connectivity index (χ4n) is 2.28. The van der Waals surface area contributed by atoms with Crippen molar-refractivity contribution in [3.8, 4) is 11.6 Å². The molecule has 0 amide bonds. The van der Waals surface area contributed by atoms with Crippen LogP contribution in [0.5, 0.6) is 11.6 Å². The number of benzene rings is 1. The lowest BCUT2D eigenvalue weighted by atomic mass is 10.1. The van der Waals surface area contributed by atoms with Crippen LogP contribution in [0, 0.1) is 23.3 Å². The zero-order valence-electron chi connectivity index (χ0n) is 11.5. The highest BCUT2D eigenvalue weighted by Gasteiger charge is 2.25. The van der Waals surface area contributed by atoms with Crippen LogP contribution in [0.4, 0.5) is 17.6 Å². The second kappa shape index (κ2) is 5.53. The molecule has 2 aromatic rings. The van der Waals surface area contributed by atoms with Crippen LogP contribution < -0.4 is 4.74 Å². The maximum atomic E-state index is 13.7. The van der Waals surface area contributed by atoms with Gasteiger partial charge in [0.15, 0.2) is 11.6 Å². The summed E-state index contributed by atoms with van der Waals surface area (Å²) in [7, 11) is 1.85. The molecule has 0 radical (unpaired) electrons. The van der Waals surface area contributed by atoms with Crippen molar-refractivity contribution in [2.45, 2.75) is 13.0 Å². The zero-order valence-corrected chi connectivity index (χ0v) is 11.5. The predicted octanol–water partition coefficient (Wildman–Crippen LogP) is 2.81. The Bertz CT molecular complexity index is 712. The number of fused-ring (bicyclic) bond motifs is 1. The average molecular weight is 313 g/mol. The first-order chi connectivity index (χ1) is 10.5. The molecule has 0 bridgehead atoms. The molecule has 0 unspecified atom stereocenters. The lowest BCUT2D eigenvalue weighted by molar-refractivity contribution is 0.295. The van der Waals surface area contributed by atoms with Gasteiger partial charge in [-0.1, -0.05) is 0 Å². The minimum Gasteiger partial charge on any atom is -0.432 e. The number of hydrogen-bond acceptors (Lipinski definition) is 4. The monoisotopic (exact) mass is 313 g/mol. The number of rotatable bonds is 2. The second-order valence-electron chi connectivity index (χ2n) is 4.99. The van der Waals surface area contributed by atoms with E-state index < -0.39 is 29.0 Å². The molecular weight excluding hydrogens is 302 g/mol. The van der Waals surface area contributed by atoms with Crippen molar-refractivity contribution < 1.29 is 22.3 Å². The Hall–Kier alpha value is -2.22. The van der Waals surface area contributed by atoms with E-state index >= 15 is 0 Å². The summed E-state index contributed by atoms with van der Waals surface area (Å²) >= 11 is 0. The zero-order chi connectivity index (χ0) is 15.9. The second-order valence-corrected chi connectivity index (χ2v) is 4.99. The first-order valence-electron chi connectivity index (χ1n) is 6.49. The molecule has 1 aromatic carbocycles. The van der Waals surface area contributed by atoms with Crippen molar-refractivity contribution in [2.24, 2.45) is 0 Å². The molecule has 1 aromatic heterocycles.